The quantitative estimate of drug-likeness (QED) is 0.506. The van der Waals surface area contributed by atoms with Crippen LogP contribution in [0.2, 0.25) is 0 Å². The molecule has 1 saturated carbocycles. The van der Waals surface area contributed by atoms with E-state index in [4.69, 9.17) is 9.88 Å². The first-order valence-corrected chi connectivity index (χ1v) is 12.8. The molecule has 0 radical (unpaired) electrons. The molecule has 0 aromatic heterocycles. The Labute approximate surface area is 190 Å². The predicted octanol–water partition coefficient (Wildman–Crippen LogP) is 3.09. The molecule has 4 N–H and O–H groups in total. The van der Waals surface area contributed by atoms with Gasteiger partial charge in [-0.2, -0.15) is 0 Å². The van der Waals surface area contributed by atoms with E-state index in [0.717, 1.165) is 25.0 Å². The summed E-state index contributed by atoms with van der Waals surface area (Å²) >= 11 is 0. The Morgan fingerprint density at radius 1 is 1.19 bits per heavy atom. The third-order valence-corrected chi connectivity index (χ3v) is 6.68. The summed E-state index contributed by atoms with van der Waals surface area (Å²) in [4.78, 5) is 12.2. The Bertz CT molecular complexity index is 1010. The van der Waals surface area contributed by atoms with Crippen molar-refractivity contribution in [3.8, 4) is 5.75 Å². The Kier molecular flexibility index (Phi) is 8.28. The highest BCUT2D eigenvalue weighted by molar-refractivity contribution is 7.89. The molecule has 2 aromatic rings. The van der Waals surface area contributed by atoms with Gasteiger partial charge in [-0.05, 0) is 74.4 Å². The Balaban J connectivity index is 1.51. The standard InChI is InChI=1S/C24H33N3O4S/c1-3-31-23-6-4-5-20(16-23)17(2)27-22-12-11-21(15-22)18-7-9-19(10-8-18)24(28)26-13-14-32(25,29)30/h4-10,16-17,21-22,27H,3,11-15H2,1-2H3,(H,26,28)(H2,25,29,30)/t17-,21+,22?/m1/s1. The van der Waals surface area contributed by atoms with Gasteiger partial charge in [0.2, 0.25) is 10.0 Å². The monoisotopic (exact) mass is 459 g/mol. The molecule has 1 aliphatic rings. The number of sulfonamides is 1. The number of rotatable bonds is 10. The van der Waals surface area contributed by atoms with Crippen molar-refractivity contribution in [1.29, 1.82) is 0 Å². The second kappa shape index (κ2) is 10.9. The topological polar surface area (TPSA) is 111 Å². The highest BCUT2D eigenvalue weighted by atomic mass is 32.2. The molecular weight excluding hydrogens is 426 g/mol. The van der Waals surface area contributed by atoms with Crippen LogP contribution in [-0.2, 0) is 10.0 Å². The number of primary sulfonamides is 1. The van der Waals surface area contributed by atoms with Gasteiger partial charge in [-0.1, -0.05) is 24.3 Å². The maximum Gasteiger partial charge on any atom is 0.251 e. The van der Waals surface area contributed by atoms with E-state index in [1.54, 1.807) is 12.1 Å². The van der Waals surface area contributed by atoms with Crippen LogP contribution < -0.4 is 20.5 Å². The van der Waals surface area contributed by atoms with Crippen LogP contribution in [0.1, 0.15) is 66.6 Å². The number of nitrogens with two attached hydrogens (primary N) is 1. The summed E-state index contributed by atoms with van der Waals surface area (Å²) in [5.41, 5.74) is 2.96. The molecule has 1 fully saturated rings. The third kappa shape index (κ3) is 7.05. The molecule has 1 unspecified atom stereocenters. The van der Waals surface area contributed by atoms with Gasteiger partial charge in [-0.25, -0.2) is 13.6 Å². The van der Waals surface area contributed by atoms with Gasteiger partial charge in [0.15, 0.2) is 0 Å². The summed E-state index contributed by atoms with van der Waals surface area (Å²) < 4.78 is 27.6. The second-order valence-corrected chi connectivity index (χ2v) is 10.1. The van der Waals surface area contributed by atoms with Crippen molar-refractivity contribution in [2.24, 2.45) is 5.14 Å². The smallest absolute Gasteiger partial charge is 0.251 e. The van der Waals surface area contributed by atoms with E-state index >= 15 is 0 Å². The SMILES string of the molecule is CCOc1cccc([C@@H](C)NC2CC[C@H](c3ccc(C(=O)NCCS(N)(=O)=O)cc3)C2)c1. The third-order valence-electron chi connectivity index (χ3n) is 5.90. The molecular formula is C24H33N3O4S. The summed E-state index contributed by atoms with van der Waals surface area (Å²) in [5.74, 6) is 0.779. The predicted molar refractivity (Wildman–Crippen MR) is 126 cm³/mol. The molecule has 0 saturated heterocycles. The van der Waals surface area contributed by atoms with E-state index in [1.807, 2.05) is 31.2 Å². The van der Waals surface area contributed by atoms with E-state index < -0.39 is 10.0 Å². The zero-order chi connectivity index (χ0) is 23.1. The van der Waals surface area contributed by atoms with E-state index in [-0.39, 0.29) is 24.2 Å². The van der Waals surface area contributed by atoms with Crippen LogP contribution in [-0.4, -0.2) is 39.3 Å². The van der Waals surface area contributed by atoms with Crippen LogP contribution in [0.3, 0.4) is 0 Å². The van der Waals surface area contributed by atoms with Gasteiger partial charge in [0.1, 0.15) is 5.75 Å². The normalized spacial score (nSPS) is 19.5. The zero-order valence-electron chi connectivity index (χ0n) is 18.7. The molecule has 3 atom stereocenters. The number of carbonyl (C=O) groups is 1. The van der Waals surface area contributed by atoms with Crippen molar-refractivity contribution in [3.05, 3.63) is 65.2 Å². The van der Waals surface area contributed by atoms with Crippen LogP contribution in [0.4, 0.5) is 0 Å². The molecule has 8 heteroatoms. The van der Waals surface area contributed by atoms with E-state index in [0.29, 0.717) is 24.1 Å². The molecule has 1 aliphatic carbocycles. The first-order chi connectivity index (χ1) is 15.2. The van der Waals surface area contributed by atoms with Crippen molar-refractivity contribution in [3.63, 3.8) is 0 Å². The Hall–Kier alpha value is -2.42. The minimum Gasteiger partial charge on any atom is -0.494 e. The maximum atomic E-state index is 12.2. The molecule has 0 heterocycles. The van der Waals surface area contributed by atoms with Crippen LogP contribution >= 0.6 is 0 Å². The maximum absolute atomic E-state index is 12.2. The molecule has 7 nitrogen and oxygen atoms in total. The summed E-state index contributed by atoms with van der Waals surface area (Å²) in [6.45, 7) is 4.83. The molecule has 32 heavy (non-hydrogen) atoms. The molecule has 1 amide bonds. The molecule has 174 valence electrons. The van der Waals surface area contributed by atoms with E-state index in [9.17, 15) is 13.2 Å². The molecule has 0 spiro atoms. The van der Waals surface area contributed by atoms with Gasteiger partial charge < -0.3 is 15.4 Å². The summed E-state index contributed by atoms with van der Waals surface area (Å²) in [6, 6.07) is 16.5. The summed E-state index contributed by atoms with van der Waals surface area (Å²) in [6.07, 6.45) is 3.26. The first kappa shape index (κ1) is 24.2. The van der Waals surface area contributed by atoms with Crippen LogP contribution in [0.5, 0.6) is 5.75 Å². The number of ether oxygens (including phenoxy) is 1. The first-order valence-electron chi connectivity index (χ1n) is 11.1. The van der Waals surface area contributed by atoms with E-state index in [1.165, 1.54) is 11.1 Å². The fraction of sp³-hybridized carbons (Fsp3) is 0.458. The number of hydrogen-bond acceptors (Lipinski definition) is 5. The van der Waals surface area contributed by atoms with Crippen LogP contribution in [0, 0.1) is 0 Å². The van der Waals surface area contributed by atoms with Gasteiger partial charge in [0.05, 0.1) is 12.4 Å². The minimum atomic E-state index is -3.58. The summed E-state index contributed by atoms with van der Waals surface area (Å²) in [5, 5.41) is 11.3. The number of carbonyl (C=O) groups excluding carboxylic acids is 1. The van der Waals surface area contributed by atoms with Gasteiger partial charge in [0, 0.05) is 24.2 Å². The van der Waals surface area contributed by atoms with Gasteiger partial charge in [-0.15, -0.1) is 0 Å². The van der Waals surface area contributed by atoms with Crippen molar-refractivity contribution in [2.45, 2.75) is 51.1 Å². The Morgan fingerprint density at radius 2 is 1.94 bits per heavy atom. The Morgan fingerprint density at radius 3 is 2.62 bits per heavy atom. The fourth-order valence-electron chi connectivity index (χ4n) is 4.24. The lowest BCUT2D eigenvalue weighted by Gasteiger charge is -2.21. The van der Waals surface area contributed by atoms with E-state index in [2.05, 4.69) is 29.7 Å². The lowest BCUT2D eigenvalue weighted by Crippen LogP contribution is -2.31. The van der Waals surface area contributed by atoms with Crippen molar-refractivity contribution in [1.82, 2.24) is 10.6 Å². The average molecular weight is 460 g/mol. The van der Waals surface area contributed by atoms with Crippen LogP contribution in [0.15, 0.2) is 48.5 Å². The lowest BCUT2D eigenvalue weighted by atomic mass is 9.96. The minimum absolute atomic E-state index is 0.00105. The highest BCUT2D eigenvalue weighted by Gasteiger charge is 2.27. The number of benzene rings is 2. The highest BCUT2D eigenvalue weighted by Crippen LogP contribution is 2.35. The number of amides is 1. The van der Waals surface area contributed by atoms with Gasteiger partial charge >= 0.3 is 0 Å². The van der Waals surface area contributed by atoms with Crippen molar-refractivity contribution >= 4 is 15.9 Å². The van der Waals surface area contributed by atoms with Gasteiger partial charge in [0.25, 0.3) is 5.91 Å². The second-order valence-electron chi connectivity index (χ2n) is 8.35. The number of nitrogens with one attached hydrogen (secondary N) is 2. The van der Waals surface area contributed by atoms with Gasteiger partial charge in [-0.3, -0.25) is 4.79 Å². The fourth-order valence-corrected chi connectivity index (χ4v) is 4.63. The molecule has 2 aromatic carbocycles. The van der Waals surface area contributed by atoms with Crippen molar-refractivity contribution in [2.75, 3.05) is 18.9 Å². The summed E-state index contributed by atoms with van der Waals surface area (Å²) in [7, 11) is -3.58. The molecule has 0 bridgehead atoms. The zero-order valence-corrected chi connectivity index (χ0v) is 19.5. The van der Waals surface area contributed by atoms with Crippen molar-refractivity contribution < 1.29 is 17.9 Å². The lowest BCUT2D eigenvalue weighted by molar-refractivity contribution is 0.0956. The number of hydrogen-bond donors (Lipinski definition) is 3. The largest absolute Gasteiger partial charge is 0.494 e. The molecule has 0 aliphatic heterocycles. The average Bonchev–Trinajstić information content (AvgIpc) is 3.22. The van der Waals surface area contributed by atoms with Crippen LogP contribution in [0.25, 0.3) is 0 Å². The molecule has 3 rings (SSSR count).